The number of nitrogens with zero attached hydrogens (tertiary/aromatic N) is 2. The Balaban J connectivity index is 1.44. The average Bonchev–Trinajstić information content (AvgIpc) is 2.83. The van der Waals surface area contributed by atoms with Crippen molar-refractivity contribution in [1.82, 2.24) is 9.80 Å². The second-order valence-corrected chi connectivity index (χ2v) is 5.72. The molecule has 0 spiro atoms. The Kier molecular flexibility index (Phi) is 4.54. The molecular weight excluding hydrogens is 314 g/mol. The molecule has 2 aliphatic rings. The second-order valence-electron chi connectivity index (χ2n) is 5.72. The van der Waals surface area contributed by atoms with Gasteiger partial charge < -0.3 is 19.7 Å². The minimum Gasteiger partial charge on any atom is -0.494 e. The van der Waals surface area contributed by atoms with Gasteiger partial charge in [-0.05, 0) is 31.2 Å². The van der Waals surface area contributed by atoms with E-state index in [0.717, 1.165) is 10.6 Å². The van der Waals surface area contributed by atoms with E-state index >= 15 is 0 Å². The summed E-state index contributed by atoms with van der Waals surface area (Å²) in [6.07, 6.45) is -0.600. The molecule has 0 radical (unpaired) electrons. The number of carbonyl (C=O) groups excluding carboxylic acids is 3. The van der Waals surface area contributed by atoms with Gasteiger partial charge in [-0.25, -0.2) is 14.5 Å². The second kappa shape index (κ2) is 6.77. The van der Waals surface area contributed by atoms with Gasteiger partial charge in [0.2, 0.25) is 0 Å². The fourth-order valence-corrected chi connectivity index (χ4v) is 2.67. The molecule has 8 heteroatoms. The number of amides is 4. The summed E-state index contributed by atoms with van der Waals surface area (Å²) >= 11 is 0. The highest BCUT2D eigenvalue weighted by molar-refractivity contribution is 5.97. The number of benzene rings is 1. The zero-order valence-corrected chi connectivity index (χ0v) is 13.4. The van der Waals surface area contributed by atoms with Gasteiger partial charge in [-0.15, -0.1) is 0 Å². The quantitative estimate of drug-likeness (QED) is 0.883. The summed E-state index contributed by atoms with van der Waals surface area (Å²) in [5.74, 6) is 0.518. The number of ether oxygens (including phenoxy) is 2. The molecule has 3 rings (SSSR count). The molecule has 0 aliphatic carbocycles. The van der Waals surface area contributed by atoms with Crippen LogP contribution in [-0.2, 0) is 9.53 Å². The molecule has 0 bridgehead atoms. The Hall–Kier alpha value is -2.77. The highest BCUT2D eigenvalue weighted by Crippen LogP contribution is 2.21. The summed E-state index contributed by atoms with van der Waals surface area (Å²) in [6.45, 7) is 3.61. The largest absolute Gasteiger partial charge is 0.494 e. The highest BCUT2D eigenvalue weighted by atomic mass is 16.6. The fourth-order valence-electron chi connectivity index (χ4n) is 2.67. The van der Waals surface area contributed by atoms with Gasteiger partial charge in [0.1, 0.15) is 5.75 Å². The Morgan fingerprint density at radius 2 is 2.00 bits per heavy atom. The summed E-state index contributed by atoms with van der Waals surface area (Å²) < 4.78 is 10.0. The van der Waals surface area contributed by atoms with Crippen molar-refractivity contribution in [1.29, 1.82) is 0 Å². The molecule has 2 aliphatic heterocycles. The van der Waals surface area contributed by atoms with Gasteiger partial charge in [0, 0.05) is 31.2 Å². The number of carbonyl (C=O) groups is 3. The van der Waals surface area contributed by atoms with E-state index < -0.39 is 6.09 Å². The maximum Gasteiger partial charge on any atom is 0.417 e. The smallest absolute Gasteiger partial charge is 0.417 e. The van der Waals surface area contributed by atoms with E-state index in [4.69, 9.17) is 4.74 Å². The van der Waals surface area contributed by atoms with Crippen LogP contribution in [0.4, 0.5) is 15.3 Å². The third kappa shape index (κ3) is 3.42. The molecule has 2 heterocycles. The van der Waals surface area contributed by atoms with E-state index in [-0.39, 0.29) is 24.5 Å². The van der Waals surface area contributed by atoms with Crippen molar-refractivity contribution in [3.8, 4) is 5.75 Å². The van der Waals surface area contributed by atoms with Crippen LogP contribution >= 0.6 is 0 Å². The number of rotatable bonds is 5. The van der Waals surface area contributed by atoms with Crippen LogP contribution in [0.5, 0.6) is 5.75 Å². The molecule has 0 aromatic heterocycles. The van der Waals surface area contributed by atoms with Crippen molar-refractivity contribution in [3.63, 3.8) is 0 Å². The number of nitrogens with one attached hydrogen (secondary N) is 1. The van der Waals surface area contributed by atoms with Gasteiger partial charge in [0.25, 0.3) is 5.91 Å². The Morgan fingerprint density at radius 1 is 1.29 bits per heavy atom. The lowest BCUT2D eigenvalue weighted by atomic mass is 10.0. The van der Waals surface area contributed by atoms with E-state index in [1.807, 2.05) is 6.92 Å². The third-order valence-corrected chi connectivity index (χ3v) is 3.94. The number of imide groups is 1. The van der Waals surface area contributed by atoms with E-state index in [1.165, 1.54) is 0 Å². The van der Waals surface area contributed by atoms with Gasteiger partial charge >= 0.3 is 12.1 Å². The van der Waals surface area contributed by atoms with Gasteiger partial charge in [-0.1, -0.05) is 0 Å². The predicted molar refractivity (Wildman–Crippen MR) is 84.8 cm³/mol. The summed E-state index contributed by atoms with van der Waals surface area (Å²) in [5.41, 5.74) is 0.685. The standard InChI is InChI=1S/C16H19N3O5/c1-2-23-13-5-3-12(4-6-13)17-15(21)18-7-11(8-18)9-19-14(20)10-24-16(19)22/h3-6,11H,2,7-10H2,1H3,(H,17,21). The molecule has 0 saturated carbocycles. The van der Waals surface area contributed by atoms with Gasteiger partial charge in [0.15, 0.2) is 6.61 Å². The Labute approximate surface area is 139 Å². The molecule has 0 atom stereocenters. The molecule has 1 N–H and O–H groups in total. The minimum atomic E-state index is -0.600. The van der Waals surface area contributed by atoms with Crippen LogP contribution in [0.3, 0.4) is 0 Å². The summed E-state index contributed by atoms with van der Waals surface area (Å²) in [7, 11) is 0. The molecular formula is C16H19N3O5. The van der Waals surface area contributed by atoms with Crippen LogP contribution in [0, 0.1) is 5.92 Å². The normalized spacial score (nSPS) is 17.5. The SMILES string of the molecule is CCOc1ccc(NC(=O)N2CC(CN3C(=O)COC3=O)C2)cc1. The molecule has 0 unspecified atom stereocenters. The van der Waals surface area contributed by atoms with E-state index in [1.54, 1.807) is 29.2 Å². The first-order valence-corrected chi connectivity index (χ1v) is 7.82. The summed E-state index contributed by atoms with van der Waals surface area (Å²) in [4.78, 5) is 37.7. The number of cyclic esters (lactones) is 1. The van der Waals surface area contributed by atoms with Crippen LogP contribution < -0.4 is 10.1 Å². The maximum absolute atomic E-state index is 12.1. The molecule has 128 valence electrons. The van der Waals surface area contributed by atoms with E-state index in [0.29, 0.717) is 31.9 Å². The number of hydrogen-bond acceptors (Lipinski definition) is 5. The van der Waals surface area contributed by atoms with Gasteiger partial charge in [-0.2, -0.15) is 0 Å². The van der Waals surface area contributed by atoms with Crippen LogP contribution in [0.25, 0.3) is 0 Å². The maximum atomic E-state index is 12.1. The van der Waals surface area contributed by atoms with Crippen LogP contribution in [-0.4, -0.2) is 60.7 Å². The zero-order chi connectivity index (χ0) is 17.1. The number of urea groups is 1. The van der Waals surface area contributed by atoms with Crippen molar-refractivity contribution in [2.24, 2.45) is 5.92 Å². The highest BCUT2D eigenvalue weighted by Gasteiger charge is 2.38. The zero-order valence-electron chi connectivity index (χ0n) is 13.4. The molecule has 1 aromatic carbocycles. The fraction of sp³-hybridized carbons (Fsp3) is 0.438. The minimum absolute atomic E-state index is 0.0886. The lowest BCUT2D eigenvalue weighted by Gasteiger charge is -2.40. The average molecular weight is 333 g/mol. The summed E-state index contributed by atoms with van der Waals surface area (Å²) in [6, 6.07) is 6.94. The molecule has 1 aromatic rings. The van der Waals surface area contributed by atoms with Crippen molar-refractivity contribution in [3.05, 3.63) is 24.3 Å². The van der Waals surface area contributed by atoms with Crippen LogP contribution in [0.2, 0.25) is 0 Å². The topological polar surface area (TPSA) is 88.2 Å². The van der Waals surface area contributed by atoms with Crippen molar-refractivity contribution < 1.29 is 23.9 Å². The van der Waals surface area contributed by atoms with Gasteiger partial charge in [-0.3, -0.25) is 4.79 Å². The van der Waals surface area contributed by atoms with Crippen LogP contribution in [0.15, 0.2) is 24.3 Å². The monoisotopic (exact) mass is 333 g/mol. The van der Waals surface area contributed by atoms with Gasteiger partial charge in [0.05, 0.1) is 6.61 Å². The molecule has 2 saturated heterocycles. The lowest BCUT2D eigenvalue weighted by molar-refractivity contribution is -0.126. The van der Waals surface area contributed by atoms with Crippen LogP contribution in [0.1, 0.15) is 6.92 Å². The predicted octanol–water partition coefficient (Wildman–Crippen LogP) is 1.53. The van der Waals surface area contributed by atoms with Crippen molar-refractivity contribution >= 4 is 23.7 Å². The molecule has 4 amide bonds. The third-order valence-electron chi connectivity index (χ3n) is 3.94. The molecule has 2 fully saturated rings. The van der Waals surface area contributed by atoms with Crippen molar-refractivity contribution in [2.45, 2.75) is 6.92 Å². The molecule has 24 heavy (non-hydrogen) atoms. The summed E-state index contributed by atoms with van der Waals surface area (Å²) in [5, 5.41) is 2.80. The Morgan fingerprint density at radius 3 is 2.58 bits per heavy atom. The van der Waals surface area contributed by atoms with Crippen molar-refractivity contribution in [2.75, 3.05) is 38.2 Å². The number of anilines is 1. The first-order valence-electron chi connectivity index (χ1n) is 7.82. The van der Waals surface area contributed by atoms with E-state index in [9.17, 15) is 14.4 Å². The number of likely N-dealkylation sites (tertiary alicyclic amines) is 1. The molecule has 8 nitrogen and oxygen atoms in total. The first-order chi connectivity index (χ1) is 11.6. The first kappa shape index (κ1) is 16.1. The number of hydrogen-bond donors (Lipinski definition) is 1. The Bertz CT molecular complexity index is 624. The lowest BCUT2D eigenvalue weighted by Crippen LogP contribution is -2.55. The van der Waals surface area contributed by atoms with E-state index in [2.05, 4.69) is 10.1 Å².